The van der Waals surface area contributed by atoms with Crippen LogP contribution in [0.4, 0.5) is 4.39 Å². The average Bonchev–Trinajstić information content (AvgIpc) is 2.92. The maximum atomic E-state index is 13.1. The molecule has 1 aromatic carbocycles. The van der Waals surface area contributed by atoms with E-state index in [4.69, 9.17) is 27.9 Å². The summed E-state index contributed by atoms with van der Waals surface area (Å²) < 4.78 is 17.6. The molecule has 1 aliphatic rings. The monoisotopic (exact) mass is 361 g/mol. The van der Waals surface area contributed by atoms with Gasteiger partial charge in [0.05, 0.1) is 18.6 Å². The average molecular weight is 362 g/mol. The molecular weight excluding hydrogens is 340 g/mol. The molecule has 2 rings (SSSR count). The maximum Gasteiger partial charge on any atom is 0.229 e. The summed E-state index contributed by atoms with van der Waals surface area (Å²) in [6.07, 6.45) is 0.587. The zero-order valence-corrected chi connectivity index (χ0v) is 15.0. The molecule has 0 aromatic heterocycles. The molecule has 0 aliphatic heterocycles. The molecular formula is C17H22Cl2FNO2. The molecule has 6 heteroatoms. The summed E-state index contributed by atoms with van der Waals surface area (Å²) in [5.74, 6) is -0.510. The molecule has 1 N–H and O–H groups in total. The van der Waals surface area contributed by atoms with E-state index in [2.05, 4.69) is 5.32 Å². The van der Waals surface area contributed by atoms with Gasteiger partial charge >= 0.3 is 0 Å². The van der Waals surface area contributed by atoms with E-state index in [1.165, 1.54) is 12.1 Å². The van der Waals surface area contributed by atoms with Crippen molar-refractivity contribution in [2.24, 2.45) is 11.3 Å². The number of carbonyl (C=O) groups excluding carboxylic acids is 1. The van der Waals surface area contributed by atoms with Crippen molar-refractivity contribution in [3.8, 4) is 0 Å². The molecule has 0 unspecified atom stereocenters. The van der Waals surface area contributed by atoms with Crippen LogP contribution in [0.25, 0.3) is 0 Å². The Morgan fingerprint density at radius 1 is 1.48 bits per heavy atom. The molecule has 1 amide bonds. The molecule has 0 radical (unpaired) electrons. The van der Waals surface area contributed by atoms with E-state index in [0.29, 0.717) is 19.6 Å². The molecule has 1 saturated carbocycles. The lowest BCUT2D eigenvalue weighted by atomic mass is 9.99. The zero-order chi connectivity index (χ0) is 17.3. The smallest absolute Gasteiger partial charge is 0.229 e. The minimum atomic E-state index is -1.01. The lowest BCUT2D eigenvalue weighted by molar-refractivity contribution is -0.128. The zero-order valence-electron chi connectivity index (χ0n) is 13.5. The van der Waals surface area contributed by atoms with Crippen LogP contribution in [0, 0.1) is 17.2 Å². The van der Waals surface area contributed by atoms with Crippen LogP contribution in [-0.4, -0.2) is 22.9 Å². The van der Waals surface area contributed by atoms with E-state index < -0.39 is 9.75 Å². The summed E-state index contributed by atoms with van der Waals surface area (Å²) in [6, 6.07) is 6.06. The largest absolute Gasteiger partial charge is 0.375 e. The van der Waals surface area contributed by atoms with Gasteiger partial charge in [0.1, 0.15) is 10.2 Å². The lowest BCUT2D eigenvalue weighted by Gasteiger charge is -2.20. The van der Waals surface area contributed by atoms with Crippen LogP contribution in [0.1, 0.15) is 32.8 Å². The first-order chi connectivity index (χ1) is 10.8. The van der Waals surface area contributed by atoms with E-state index >= 15 is 0 Å². The Balaban J connectivity index is 1.81. The van der Waals surface area contributed by atoms with Crippen LogP contribution in [0.2, 0.25) is 0 Å². The fraction of sp³-hybridized carbons (Fsp3) is 0.588. The van der Waals surface area contributed by atoms with Crippen LogP contribution in [0.5, 0.6) is 0 Å². The molecule has 0 spiro atoms. The van der Waals surface area contributed by atoms with Gasteiger partial charge in [-0.2, -0.15) is 0 Å². The van der Waals surface area contributed by atoms with E-state index in [0.717, 1.165) is 5.56 Å². The lowest BCUT2D eigenvalue weighted by Crippen LogP contribution is -2.42. The SMILES string of the molecule is CC[C@@]1(C(=O)N[C@H](C)COCc2cccc(F)c2)[C@H](C)C1(Cl)Cl. The van der Waals surface area contributed by atoms with Gasteiger partial charge in [-0.3, -0.25) is 4.79 Å². The predicted octanol–water partition coefficient (Wildman–Crippen LogP) is 4.07. The number of ether oxygens (including phenoxy) is 1. The Hall–Kier alpha value is -0.840. The van der Waals surface area contributed by atoms with Gasteiger partial charge in [0.25, 0.3) is 0 Å². The van der Waals surface area contributed by atoms with Crippen molar-refractivity contribution in [2.75, 3.05) is 6.61 Å². The van der Waals surface area contributed by atoms with Gasteiger partial charge in [0.2, 0.25) is 5.91 Å². The van der Waals surface area contributed by atoms with Gasteiger partial charge in [-0.15, -0.1) is 23.2 Å². The van der Waals surface area contributed by atoms with Crippen molar-refractivity contribution < 1.29 is 13.9 Å². The van der Waals surface area contributed by atoms with Crippen LogP contribution >= 0.6 is 23.2 Å². The standard InChI is InChI=1S/C17H22Cl2FNO2/c1-4-16(12(3)17(16,18)19)15(22)21-11(2)9-23-10-13-6-5-7-14(20)8-13/h5-8,11-12H,4,9-10H2,1-3H3,(H,21,22)/t11-,12+,16+/m1/s1. The van der Waals surface area contributed by atoms with Gasteiger partial charge in [-0.25, -0.2) is 4.39 Å². The fourth-order valence-corrected chi connectivity index (χ4v) is 4.09. The van der Waals surface area contributed by atoms with E-state index in [-0.39, 0.29) is 23.7 Å². The number of hydrogen-bond donors (Lipinski definition) is 1. The second-order valence-corrected chi connectivity index (χ2v) is 7.57. The normalized spacial score (nSPS) is 26.6. The Kier molecular flexibility index (Phi) is 5.59. The Bertz CT molecular complexity index is 581. The Morgan fingerprint density at radius 2 is 2.13 bits per heavy atom. The first kappa shape index (κ1) is 18.5. The quantitative estimate of drug-likeness (QED) is 0.743. The second kappa shape index (κ2) is 6.96. The van der Waals surface area contributed by atoms with Gasteiger partial charge in [0, 0.05) is 12.0 Å². The van der Waals surface area contributed by atoms with Gasteiger partial charge < -0.3 is 10.1 Å². The number of hydrogen-bond acceptors (Lipinski definition) is 2. The molecule has 128 valence electrons. The minimum absolute atomic E-state index is 0.0799. The molecule has 3 nitrogen and oxygen atoms in total. The highest BCUT2D eigenvalue weighted by molar-refractivity contribution is 6.53. The number of nitrogens with one attached hydrogen (secondary N) is 1. The number of halogens is 3. The van der Waals surface area contributed by atoms with Crippen LogP contribution in [0.15, 0.2) is 24.3 Å². The third-order valence-electron chi connectivity index (χ3n) is 4.66. The molecule has 0 heterocycles. The van der Waals surface area contributed by atoms with Gasteiger partial charge in [-0.1, -0.05) is 26.0 Å². The molecule has 3 atom stereocenters. The van der Waals surface area contributed by atoms with E-state index in [9.17, 15) is 9.18 Å². The van der Waals surface area contributed by atoms with Crippen LogP contribution in [-0.2, 0) is 16.1 Å². The summed E-state index contributed by atoms with van der Waals surface area (Å²) in [4.78, 5) is 12.5. The summed E-state index contributed by atoms with van der Waals surface area (Å²) in [5, 5.41) is 2.91. The number of carbonyl (C=O) groups is 1. The summed E-state index contributed by atoms with van der Waals surface area (Å²) in [6.45, 7) is 6.27. The number of alkyl halides is 2. The molecule has 23 heavy (non-hydrogen) atoms. The molecule has 1 aromatic rings. The number of benzene rings is 1. The van der Waals surface area contributed by atoms with E-state index in [1.54, 1.807) is 12.1 Å². The molecule has 0 bridgehead atoms. The highest BCUT2D eigenvalue weighted by Crippen LogP contribution is 2.70. The van der Waals surface area contributed by atoms with E-state index in [1.807, 2.05) is 20.8 Å². The number of amides is 1. The highest BCUT2D eigenvalue weighted by atomic mass is 35.5. The number of rotatable bonds is 7. The van der Waals surface area contributed by atoms with Crippen molar-refractivity contribution in [3.63, 3.8) is 0 Å². The van der Waals surface area contributed by atoms with Crippen molar-refractivity contribution in [1.82, 2.24) is 5.32 Å². The van der Waals surface area contributed by atoms with Crippen molar-refractivity contribution in [3.05, 3.63) is 35.6 Å². The Labute approximate surface area is 146 Å². The first-order valence-corrected chi connectivity index (χ1v) is 8.52. The van der Waals surface area contributed by atoms with Crippen molar-refractivity contribution >= 4 is 29.1 Å². The van der Waals surface area contributed by atoms with Crippen molar-refractivity contribution in [2.45, 2.75) is 44.2 Å². The second-order valence-electron chi connectivity index (χ2n) is 6.19. The molecule has 1 aliphatic carbocycles. The predicted molar refractivity (Wildman–Crippen MR) is 90.0 cm³/mol. The minimum Gasteiger partial charge on any atom is -0.375 e. The van der Waals surface area contributed by atoms with Crippen LogP contribution in [0.3, 0.4) is 0 Å². The van der Waals surface area contributed by atoms with Gasteiger partial charge in [0.15, 0.2) is 0 Å². The third-order valence-corrected chi connectivity index (χ3v) is 5.99. The highest BCUT2D eigenvalue weighted by Gasteiger charge is 2.76. The Morgan fingerprint density at radius 3 is 2.65 bits per heavy atom. The van der Waals surface area contributed by atoms with Gasteiger partial charge in [-0.05, 0) is 31.0 Å². The summed E-state index contributed by atoms with van der Waals surface area (Å²) in [7, 11) is 0. The molecule has 0 saturated heterocycles. The molecule has 1 fully saturated rings. The fourth-order valence-electron chi connectivity index (χ4n) is 3.07. The topological polar surface area (TPSA) is 38.3 Å². The summed E-state index contributed by atoms with van der Waals surface area (Å²) >= 11 is 12.5. The maximum absolute atomic E-state index is 13.1. The van der Waals surface area contributed by atoms with Crippen LogP contribution < -0.4 is 5.32 Å². The first-order valence-electron chi connectivity index (χ1n) is 7.76. The summed E-state index contributed by atoms with van der Waals surface area (Å²) in [5.41, 5.74) is 0.0253. The third kappa shape index (κ3) is 3.49. The van der Waals surface area contributed by atoms with Crippen molar-refractivity contribution in [1.29, 1.82) is 0 Å².